The van der Waals surface area contributed by atoms with Crippen LogP contribution < -0.4 is 14.8 Å². The minimum Gasteiger partial charge on any atom is -0.491 e. The molecule has 1 saturated heterocycles. The number of benzene rings is 1. The van der Waals surface area contributed by atoms with E-state index in [4.69, 9.17) is 19.2 Å². The van der Waals surface area contributed by atoms with Crippen LogP contribution in [0.15, 0.2) is 48.8 Å². The predicted molar refractivity (Wildman–Crippen MR) is 120 cm³/mol. The number of nitrogens with one attached hydrogen (secondary N) is 1. The highest BCUT2D eigenvalue weighted by Crippen LogP contribution is 2.31. The molecule has 0 aliphatic carbocycles. The first-order valence-electron chi connectivity index (χ1n) is 10.8. The van der Waals surface area contributed by atoms with Crippen molar-refractivity contribution in [1.82, 2.24) is 19.7 Å². The molecule has 0 unspecified atom stereocenters. The number of alkyl halides is 1. The Bertz CT molecular complexity index is 1280. The van der Waals surface area contributed by atoms with Gasteiger partial charge in [-0.25, -0.2) is 18.7 Å². The topological polar surface area (TPSA) is 69.9 Å². The molecular weight excluding hydrogens is 430 g/mol. The molecule has 172 valence electrons. The molecule has 33 heavy (non-hydrogen) atoms. The Morgan fingerprint density at radius 3 is 2.94 bits per heavy atom. The van der Waals surface area contributed by atoms with Crippen LogP contribution in [0.3, 0.4) is 0 Å². The summed E-state index contributed by atoms with van der Waals surface area (Å²) in [4.78, 5) is 9.15. The Morgan fingerprint density at radius 2 is 2.09 bits per heavy atom. The summed E-state index contributed by atoms with van der Waals surface area (Å²) in [6.07, 6.45) is 2.34. The van der Waals surface area contributed by atoms with Crippen molar-refractivity contribution in [2.45, 2.75) is 18.7 Å². The molecule has 1 N–H and O–H groups in total. The highest BCUT2D eigenvalue weighted by molar-refractivity contribution is 5.87. The third-order valence-electron chi connectivity index (χ3n) is 5.70. The summed E-state index contributed by atoms with van der Waals surface area (Å²) >= 11 is 0. The minimum atomic E-state index is -1.14. The Morgan fingerprint density at radius 1 is 1.18 bits per heavy atom. The van der Waals surface area contributed by atoms with Crippen molar-refractivity contribution in [3.8, 4) is 22.9 Å². The van der Waals surface area contributed by atoms with Gasteiger partial charge in [0.2, 0.25) is 0 Å². The fourth-order valence-corrected chi connectivity index (χ4v) is 3.97. The molecule has 4 aromatic rings. The van der Waals surface area contributed by atoms with Crippen molar-refractivity contribution in [3.05, 3.63) is 54.6 Å². The van der Waals surface area contributed by atoms with Crippen LogP contribution >= 0.6 is 0 Å². The summed E-state index contributed by atoms with van der Waals surface area (Å²) in [7, 11) is 1.62. The second-order valence-electron chi connectivity index (χ2n) is 7.88. The second-order valence-corrected chi connectivity index (χ2v) is 7.88. The number of piperidine rings is 1. The van der Waals surface area contributed by atoms with Crippen LogP contribution in [0, 0.1) is 5.82 Å². The van der Waals surface area contributed by atoms with Crippen molar-refractivity contribution in [3.63, 3.8) is 0 Å². The van der Waals surface area contributed by atoms with Gasteiger partial charge in [0.15, 0.2) is 0 Å². The minimum absolute atomic E-state index is 0.238. The maximum absolute atomic E-state index is 14.5. The lowest BCUT2D eigenvalue weighted by Crippen LogP contribution is -2.44. The number of methoxy groups -OCH3 is 1. The molecule has 0 amide bonds. The number of ether oxygens (including phenoxy) is 3. The first-order chi connectivity index (χ1) is 16.1. The highest BCUT2D eigenvalue weighted by Gasteiger charge is 2.27. The monoisotopic (exact) mass is 454 g/mol. The van der Waals surface area contributed by atoms with E-state index in [-0.39, 0.29) is 6.54 Å². The lowest BCUT2D eigenvalue weighted by Gasteiger charge is -2.27. The average Bonchev–Trinajstić information content (AvgIpc) is 3.25. The summed E-state index contributed by atoms with van der Waals surface area (Å²) in [6, 6.07) is 9.91. The quantitative estimate of drug-likeness (QED) is 0.429. The fraction of sp³-hybridized carbons (Fsp3) is 0.333. The van der Waals surface area contributed by atoms with E-state index in [1.54, 1.807) is 25.4 Å². The summed E-state index contributed by atoms with van der Waals surface area (Å²) < 4.78 is 47.3. The highest BCUT2D eigenvalue weighted by atomic mass is 19.1. The molecule has 0 radical (unpaired) electrons. The number of nitrogens with zero attached hydrogens (tertiary/aromatic N) is 3. The molecule has 7 nitrogen and oxygen atoms in total. The van der Waals surface area contributed by atoms with Crippen molar-refractivity contribution >= 4 is 16.6 Å². The van der Waals surface area contributed by atoms with Gasteiger partial charge >= 0.3 is 0 Å². The Labute approximate surface area is 189 Å². The molecule has 1 aromatic carbocycles. The lowest BCUT2D eigenvalue weighted by molar-refractivity contribution is 0.0742. The first-order valence-corrected chi connectivity index (χ1v) is 10.8. The Balaban J connectivity index is 1.50. The number of halogens is 2. The number of pyridine rings is 2. The van der Waals surface area contributed by atoms with Crippen molar-refractivity contribution in [1.29, 1.82) is 0 Å². The zero-order valence-electron chi connectivity index (χ0n) is 18.1. The van der Waals surface area contributed by atoms with E-state index in [1.807, 2.05) is 22.7 Å². The maximum atomic E-state index is 14.5. The number of rotatable bonds is 7. The maximum Gasteiger partial charge on any atom is 0.149 e. The zero-order chi connectivity index (χ0) is 22.8. The van der Waals surface area contributed by atoms with Gasteiger partial charge in [-0.3, -0.25) is 4.40 Å². The lowest BCUT2D eigenvalue weighted by atomic mass is 10.1. The summed E-state index contributed by atoms with van der Waals surface area (Å²) in [5, 5.41) is 3.33. The Hall–Kier alpha value is -3.30. The van der Waals surface area contributed by atoms with Gasteiger partial charge in [-0.15, -0.1) is 0 Å². The van der Waals surface area contributed by atoms with Gasteiger partial charge in [-0.1, -0.05) is 0 Å². The van der Waals surface area contributed by atoms with Crippen LogP contribution in [0.25, 0.3) is 27.9 Å². The predicted octanol–water partition coefficient (Wildman–Crippen LogP) is 3.79. The van der Waals surface area contributed by atoms with Crippen molar-refractivity contribution < 1.29 is 23.0 Å². The number of hydrogen-bond acceptors (Lipinski definition) is 6. The van der Waals surface area contributed by atoms with Gasteiger partial charge in [0.05, 0.1) is 24.2 Å². The van der Waals surface area contributed by atoms with Crippen molar-refractivity contribution in [2.24, 2.45) is 0 Å². The normalized spacial score (nSPS) is 18.6. The first kappa shape index (κ1) is 21.5. The van der Waals surface area contributed by atoms with E-state index >= 15 is 0 Å². The van der Waals surface area contributed by atoms with E-state index in [2.05, 4.69) is 10.3 Å². The van der Waals surface area contributed by atoms with Crippen LogP contribution in [-0.2, 0) is 4.74 Å². The van der Waals surface area contributed by atoms with E-state index in [0.29, 0.717) is 59.9 Å². The molecule has 1 fully saturated rings. The van der Waals surface area contributed by atoms with Crippen LogP contribution in [-0.4, -0.2) is 60.1 Å². The summed E-state index contributed by atoms with van der Waals surface area (Å²) in [6.45, 7) is 1.84. The van der Waals surface area contributed by atoms with Crippen molar-refractivity contribution in [2.75, 3.05) is 33.4 Å². The van der Waals surface area contributed by atoms with Crippen LogP contribution in [0.5, 0.6) is 11.5 Å². The van der Waals surface area contributed by atoms with E-state index in [9.17, 15) is 8.78 Å². The van der Waals surface area contributed by atoms with E-state index in [0.717, 1.165) is 5.69 Å². The van der Waals surface area contributed by atoms with Gasteiger partial charge in [0, 0.05) is 31.3 Å². The zero-order valence-corrected chi connectivity index (χ0v) is 18.1. The summed E-state index contributed by atoms with van der Waals surface area (Å²) in [5.41, 5.74) is 2.37. The number of hydrogen-bond donors (Lipinski definition) is 1. The molecule has 9 heteroatoms. The van der Waals surface area contributed by atoms with E-state index in [1.165, 1.54) is 12.1 Å². The Kier molecular flexibility index (Phi) is 6.06. The van der Waals surface area contributed by atoms with Crippen LogP contribution in [0.4, 0.5) is 8.78 Å². The molecule has 3 aromatic heterocycles. The van der Waals surface area contributed by atoms with E-state index < -0.39 is 18.1 Å². The van der Waals surface area contributed by atoms with Gasteiger partial charge in [0.1, 0.15) is 47.4 Å². The molecule has 1 aliphatic heterocycles. The van der Waals surface area contributed by atoms with Gasteiger partial charge < -0.3 is 19.5 Å². The SMILES string of the molecule is COCCOc1ccn2c(-c3ccc4c(F)ccc(O[C@@H]5CCNC[C@H]5F)c4n3)cnc2c1. The van der Waals surface area contributed by atoms with Gasteiger partial charge in [-0.05, 0) is 43.3 Å². The molecular formula is C24H24F2N4O3. The molecule has 0 saturated carbocycles. The number of fused-ring (bicyclic) bond motifs is 2. The molecule has 2 atom stereocenters. The van der Waals surface area contributed by atoms with Gasteiger partial charge in [0.25, 0.3) is 0 Å². The standard InChI is InChI=1S/C24H24F2N4O3/c1-31-10-11-32-15-7-9-30-20(14-28-23(30)12-15)19-4-2-16-17(25)3-5-22(24(16)29-19)33-21-6-8-27-13-18(21)26/h2-5,7,9,12,14,18,21,27H,6,8,10-11,13H2,1H3/t18-,21-/m1/s1. The summed E-state index contributed by atoms with van der Waals surface area (Å²) in [5.74, 6) is 0.642. The number of imidazole rings is 1. The molecule has 0 bridgehead atoms. The molecule has 1 aliphatic rings. The molecule has 5 rings (SSSR count). The largest absolute Gasteiger partial charge is 0.491 e. The molecule has 4 heterocycles. The smallest absolute Gasteiger partial charge is 0.149 e. The average molecular weight is 454 g/mol. The third-order valence-corrected chi connectivity index (χ3v) is 5.70. The van der Waals surface area contributed by atoms with Gasteiger partial charge in [-0.2, -0.15) is 0 Å². The molecule has 0 spiro atoms. The fourth-order valence-electron chi connectivity index (χ4n) is 3.97. The third kappa shape index (κ3) is 4.34. The second kappa shape index (κ2) is 9.29. The van der Waals surface area contributed by atoms with Crippen LogP contribution in [0.2, 0.25) is 0 Å². The van der Waals surface area contributed by atoms with Crippen LogP contribution in [0.1, 0.15) is 6.42 Å². The number of aromatic nitrogens is 3.